The number of likely N-dealkylation sites (tertiary alicyclic amines) is 2. The number of fused-ring (bicyclic) bond motifs is 1. The topological polar surface area (TPSA) is 70.1 Å². The van der Waals surface area contributed by atoms with Crippen LogP contribution in [0.4, 0.5) is 4.79 Å². The molecule has 136 valence electrons. The molecule has 2 heterocycles. The highest BCUT2D eigenvalue weighted by Gasteiger charge is 2.58. The van der Waals surface area contributed by atoms with Crippen LogP contribution in [0, 0.1) is 11.3 Å². The quantitative estimate of drug-likeness (QED) is 0.910. The lowest BCUT2D eigenvalue weighted by atomic mass is 9.81. The summed E-state index contributed by atoms with van der Waals surface area (Å²) in [6.07, 6.45) is -0.419. The first-order valence-corrected chi connectivity index (χ1v) is 8.67. The number of hydrogen-bond donors (Lipinski definition) is 1. The van der Waals surface area contributed by atoms with Crippen LogP contribution in [-0.2, 0) is 16.1 Å². The van der Waals surface area contributed by atoms with Crippen LogP contribution in [0.15, 0.2) is 30.3 Å². The normalized spacial score (nSPS) is 26.5. The van der Waals surface area contributed by atoms with Crippen molar-refractivity contribution in [2.24, 2.45) is 11.3 Å². The highest BCUT2D eigenvalue weighted by Crippen LogP contribution is 2.43. The molecule has 6 heteroatoms. The van der Waals surface area contributed by atoms with Gasteiger partial charge in [-0.05, 0) is 26.3 Å². The minimum Gasteiger partial charge on any atom is -0.481 e. The molecular weight excluding hydrogens is 320 g/mol. The van der Waals surface area contributed by atoms with E-state index in [0.717, 1.165) is 6.54 Å². The first-order valence-electron chi connectivity index (χ1n) is 8.67. The summed E-state index contributed by atoms with van der Waals surface area (Å²) >= 11 is 0. The van der Waals surface area contributed by atoms with E-state index in [1.54, 1.807) is 4.90 Å². The summed E-state index contributed by atoms with van der Waals surface area (Å²) in [5.41, 5.74) is -0.303. The fourth-order valence-corrected chi connectivity index (χ4v) is 3.90. The smallest absolute Gasteiger partial charge is 0.410 e. The van der Waals surface area contributed by atoms with Crippen molar-refractivity contribution >= 4 is 12.1 Å². The molecule has 0 aromatic heterocycles. The third kappa shape index (κ3) is 3.63. The lowest BCUT2D eigenvalue weighted by molar-refractivity contribution is -0.148. The molecule has 2 fully saturated rings. The molecule has 2 atom stereocenters. The number of hydrogen-bond acceptors (Lipinski definition) is 4. The molecule has 1 aromatic rings. The lowest BCUT2D eigenvalue weighted by Crippen LogP contribution is -2.43. The molecular formula is C19H26N2O4. The van der Waals surface area contributed by atoms with Crippen molar-refractivity contribution in [3.63, 3.8) is 0 Å². The van der Waals surface area contributed by atoms with Crippen LogP contribution >= 0.6 is 0 Å². The van der Waals surface area contributed by atoms with Crippen LogP contribution < -0.4 is 0 Å². The third-order valence-corrected chi connectivity index (χ3v) is 5.01. The van der Waals surface area contributed by atoms with Gasteiger partial charge in [-0.2, -0.15) is 0 Å². The standard InChI is InChI=1S/C19H26N2O4/c1-18(2,3)25-17(24)21-11-15-10-20(9-14-7-5-4-6-8-14)12-19(15,13-21)16(22)23/h4-8,15H,9-13H2,1-3H3,(H,22,23). The molecule has 0 saturated carbocycles. The average molecular weight is 346 g/mol. The molecule has 2 aliphatic heterocycles. The zero-order chi connectivity index (χ0) is 18.2. The number of carbonyl (C=O) groups excluding carboxylic acids is 1. The van der Waals surface area contributed by atoms with Gasteiger partial charge in [0.05, 0.1) is 0 Å². The highest BCUT2D eigenvalue weighted by atomic mass is 16.6. The number of carboxylic acids is 1. The van der Waals surface area contributed by atoms with Gasteiger partial charge in [0.1, 0.15) is 11.0 Å². The van der Waals surface area contributed by atoms with E-state index >= 15 is 0 Å². The van der Waals surface area contributed by atoms with E-state index in [1.165, 1.54) is 5.56 Å². The van der Waals surface area contributed by atoms with E-state index < -0.39 is 23.1 Å². The fourth-order valence-electron chi connectivity index (χ4n) is 3.90. The number of rotatable bonds is 3. The summed E-state index contributed by atoms with van der Waals surface area (Å²) in [4.78, 5) is 28.1. The maximum absolute atomic E-state index is 12.3. The second-order valence-corrected chi connectivity index (χ2v) is 8.17. The summed E-state index contributed by atoms with van der Waals surface area (Å²) in [7, 11) is 0. The zero-order valence-corrected chi connectivity index (χ0v) is 15.1. The van der Waals surface area contributed by atoms with E-state index in [-0.39, 0.29) is 12.5 Å². The van der Waals surface area contributed by atoms with Crippen molar-refractivity contribution in [1.29, 1.82) is 0 Å². The van der Waals surface area contributed by atoms with Crippen LogP contribution in [-0.4, -0.2) is 58.7 Å². The molecule has 2 aliphatic rings. The SMILES string of the molecule is CC(C)(C)OC(=O)N1CC2CN(Cc3ccccc3)CC2(C(=O)O)C1. The summed E-state index contributed by atoms with van der Waals surface area (Å²) < 4.78 is 5.41. The highest BCUT2D eigenvalue weighted by molar-refractivity contribution is 5.79. The Balaban J connectivity index is 1.70. The summed E-state index contributed by atoms with van der Waals surface area (Å²) in [6, 6.07) is 10.1. The predicted octanol–water partition coefficient (Wildman–Crippen LogP) is 2.44. The first kappa shape index (κ1) is 17.7. The Kier molecular flexibility index (Phi) is 4.49. The largest absolute Gasteiger partial charge is 0.481 e. The molecule has 0 radical (unpaired) electrons. The molecule has 2 saturated heterocycles. The Hall–Kier alpha value is -2.08. The van der Waals surface area contributed by atoms with Crippen LogP contribution in [0.5, 0.6) is 0 Å². The Morgan fingerprint density at radius 3 is 2.44 bits per heavy atom. The predicted molar refractivity (Wildman–Crippen MR) is 93.1 cm³/mol. The molecule has 2 unspecified atom stereocenters. The summed E-state index contributed by atoms with van der Waals surface area (Å²) in [6.45, 7) is 7.98. The number of ether oxygens (including phenoxy) is 1. The molecule has 1 amide bonds. The maximum atomic E-state index is 12.3. The molecule has 6 nitrogen and oxygen atoms in total. The number of carbonyl (C=O) groups is 2. The third-order valence-electron chi connectivity index (χ3n) is 5.01. The van der Waals surface area contributed by atoms with Gasteiger partial charge in [-0.3, -0.25) is 9.69 Å². The molecule has 0 bridgehead atoms. The minimum atomic E-state index is -0.897. The fraction of sp³-hybridized carbons (Fsp3) is 0.579. The number of benzene rings is 1. The second kappa shape index (κ2) is 6.33. The van der Waals surface area contributed by atoms with Crippen LogP contribution in [0.3, 0.4) is 0 Å². The van der Waals surface area contributed by atoms with Crippen molar-refractivity contribution in [3.05, 3.63) is 35.9 Å². The van der Waals surface area contributed by atoms with Crippen LogP contribution in [0.25, 0.3) is 0 Å². The number of carboxylic acid groups (broad SMARTS) is 1. The van der Waals surface area contributed by atoms with Crippen LogP contribution in [0.2, 0.25) is 0 Å². The lowest BCUT2D eigenvalue weighted by Gasteiger charge is -2.27. The van der Waals surface area contributed by atoms with Gasteiger partial charge in [-0.1, -0.05) is 30.3 Å². The van der Waals surface area contributed by atoms with Gasteiger partial charge < -0.3 is 14.7 Å². The van der Waals surface area contributed by atoms with Gasteiger partial charge in [0.15, 0.2) is 0 Å². The molecule has 1 aromatic carbocycles. The van der Waals surface area contributed by atoms with E-state index in [4.69, 9.17) is 4.74 Å². The number of amides is 1. The van der Waals surface area contributed by atoms with Crippen molar-refractivity contribution in [2.45, 2.75) is 32.9 Å². The molecule has 1 N–H and O–H groups in total. The monoisotopic (exact) mass is 346 g/mol. The average Bonchev–Trinajstić information content (AvgIpc) is 3.01. The number of nitrogens with zero attached hydrogens (tertiary/aromatic N) is 2. The van der Waals surface area contributed by atoms with E-state index in [2.05, 4.69) is 17.0 Å². The number of aliphatic carboxylic acids is 1. The summed E-state index contributed by atoms with van der Waals surface area (Å²) in [5.74, 6) is -0.889. The molecule has 25 heavy (non-hydrogen) atoms. The van der Waals surface area contributed by atoms with Gasteiger partial charge in [-0.25, -0.2) is 4.79 Å². The van der Waals surface area contributed by atoms with Gasteiger partial charge in [0, 0.05) is 38.6 Å². The van der Waals surface area contributed by atoms with E-state index in [0.29, 0.717) is 19.6 Å². The van der Waals surface area contributed by atoms with Crippen molar-refractivity contribution in [3.8, 4) is 0 Å². The van der Waals surface area contributed by atoms with Gasteiger partial charge >= 0.3 is 12.1 Å². The molecule has 0 spiro atoms. The van der Waals surface area contributed by atoms with Crippen molar-refractivity contribution in [1.82, 2.24) is 9.80 Å². The van der Waals surface area contributed by atoms with Crippen LogP contribution in [0.1, 0.15) is 26.3 Å². The Morgan fingerprint density at radius 2 is 1.88 bits per heavy atom. The zero-order valence-electron chi connectivity index (χ0n) is 15.1. The maximum Gasteiger partial charge on any atom is 0.410 e. The first-order chi connectivity index (χ1) is 11.7. The van der Waals surface area contributed by atoms with Gasteiger partial charge in [0.25, 0.3) is 0 Å². The Bertz CT molecular complexity index is 655. The second-order valence-electron chi connectivity index (χ2n) is 8.17. The van der Waals surface area contributed by atoms with E-state index in [9.17, 15) is 14.7 Å². The van der Waals surface area contributed by atoms with Gasteiger partial charge in [-0.15, -0.1) is 0 Å². The molecule has 0 aliphatic carbocycles. The Labute approximate surface area is 148 Å². The molecule has 3 rings (SSSR count). The minimum absolute atomic E-state index is 0.0683. The van der Waals surface area contributed by atoms with Crippen molar-refractivity contribution < 1.29 is 19.4 Å². The van der Waals surface area contributed by atoms with Crippen molar-refractivity contribution in [2.75, 3.05) is 26.2 Å². The summed E-state index contributed by atoms with van der Waals surface area (Å²) in [5, 5.41) is 9.88. The van der Waals surface area contributed by atoms with Gasteiger partial charge in [0.2, 0.25) is 0 Å². The van der Waals surface area contributed by atoms with E-state index in [1.807, 2.05) is 39.0 Å². The Morgan fingerprint density at radius 1 is 1.20 bits per heavy atom.